The van der Waals surface area contributed by atoms with Crippen molar-refractivity contribution in [3.05, 3.63) is 101 Å². The summed E-state index contributed by atoms with van der Waals surface area (Å²) in [5, 5.41) is 10.5. The molecule has 4 rings (SSSR count). The summed E-state index contributed by atoms with van der Waals surface area (Å²) in [5.74, 6) is 0.822. The molecule has 0 aliphatic rings. The zero-order valence-corrected chi connectivity index (χ0v) is 17.6. The van der Waals surface area contributed by atoms with Gasteiger partial charge in [-0.3, -0.25) is 0 Å². The van der Waals surface area contributed by atoms with E-state index in [1.54, 1.807) is 24.3 Å². The molecule has 0 bridgehead atoms. The van der Waals surface area contributed by atoms with Gasteiger partial charge in [0.25, 0.3) is 0 Å². The van der Waals surface area contributed by atoms with Crippen LogP contribution in [-0.4, -0.2) is 16.2 Å². The van der Waals surface area contributed by atoms with Crippen LogP contribution in [0.1, 0.15) is 23.1 Å². The molecule has 0 fully saturated rings. The Morgan fingerprint density at radius 2 is 1.81 bits per heavy atom. The Hall–Kier alpha value is -3.64. The molecule has 3 aromatic carbocycles. The van der Waals surface area contributed by atoms with Gasteiger partial charge in [0.1, 0.15) is 6.04 Å². The number of carbonyl (C=O) groups is 1. The van der Waals surface area contributed by atoms with Gasteiger partial charge < -0.3 is 15.2 Å². The first-order valence-electron chi connectivity index (χ1n) is 9.84. The van der Waals surface area contributed by atoms with Gasteiger partial charge in [-0.25, -0.2) is 4.79 Å². The highest BCUT2D eigenvalue weighted by Gasteiger charge is 2.22. The molecule has 0 radical (unpaired) electrons. The molecule has 4 aromatic rings. The van der Waals surface area contributed by atoms with Gasteiger partial charge in [-0.2, -0.15) is 4.98 Å². The van der Waals surface area contributed by atoms with Crippen molar-refractivity contribution in [2.75, 3.05) is 5.32 Å². The van der Waals surface area contributed by atoms with Crippen LogP contribution in [0.2, 0.25) is 5.02 Å². The topological polar surface area (TPSA) is 80.0 Å². The molecule has 0 spiro atoms. The minimum Gasteiger partial charge on any atom is -0.337 e. The van der Waals surface area contributed by atoms with Crippen molar-refractivity contribution in [2.45, 2.75) is 19.4 Å². The molecule has 1 aromatic heterocycles. The van der Waals surface area contributed by atoms with Gasteiger partial charge in [-0.15, -0.1) is 0 Å². The summed E-state index contributed by atoms with van der Waals surface area (Å²) in [5.41, 5.74) is 3.63. The zero-order valence-electron chi connectivity index (χ0n) is 16.9. The first-order valence-corrected chi connectivity index (χ1v) is 10.2. The molecule has 2 N–H and O–H groups in total. The quantitative estimate of drug-likeness (QED) is 0.403. The van der Waals surface area contributed by atoms with Crippen LogP contribution in [0.3, 0.4) is 0 Å². The number of nitrogens with zero attached hydrogens (tertiary/aromatic N) is 2. The molecule has 0 aliphatic carbocycles. The Balaban J connectivity index is 1.55. The Morgan fingerprint density at radius 1 is 1.03 bits per heavy atom. The first kappa shape index (κ1) is 20.6. The molecule has 7 heteroatoms. The molecule has 31 heavy (non-hydrogen) atoms. The van der Waals surface area contributed by atoms with E-state index < -0.39 is 6.04 Å². The maximum Gasteiger partial charge on any atom is 0.319 e. The number of halogens is 1. The molecule has 1 atom stereocenters. The normalized spacial score (nSPS) is 11.7. The average Bonchev–Trinajstić information content (AvgIpc) is 3.26. The standard InChI is InChI=1S/C24H21ClN4O2/c1-16-6-5-9-18(14-16)22-28-23(31-29-22)21(15-17-7-3-2-4-8-17)27-24(30)26-20-12-10-19(25)11-13-20/h2-14,21H,15H2,1H3,(H2,26,27,30). The summed E-state index contributed by atoms with van der Waals surface area (Å²) >= 11 is 5.91. The lowest BCUT2D eigenvalue weighted by Gasteiger charge is -2.16. The maximum absolute atomic E-state index is 12.6. The Kier molecular flexibility index (Phi) is 6.29. The van der Waals surface area contributed by atoms with Gasteiger partial charge in [0.2, 0.25) is 11.7 Å². The van der Waals surface area contributed by atoms with E-state index in [-0.39, 0.29) is 6.03 Å². The van der Waals surface area contributed by atoms with Gasteiger partial charge in [-0.05, 0) is 42.8 Å². The predicted octanol–water partition coefficient (Wildman–Crippen LogP) is 5.80. The highest BCUT2D eigenvalue weighted by Crippen LogP contribution is 2.22. The van der Waals surface area contributed by atoms with E-state index in [0.717, 1.165) is 16.7 Å². The van der Waals surface area contributed by atoms with Crippen molar-refractivity contribution < 1.29 is 9.32 Å². The molecule has 156 valence electrons. The number of rotatable bonds is 6. The van der Waals surface area contributed by atoms with E-state index in [2.05, 4.69) is 20.8 Å². The zero-order chi connectivity index (χ0) is 21.6. The molecular formula is C24H21ClN4O2. The number of hydrogen-bond acceptors (Lipinski definition) is 4. The fourth-order valence-electron chi connectivity index (χ4n) is 3.19. The monoisotopic (exact) mass is 432 g/mol. The summed E-state index contributed by atoms with van der Waals surface area (Å²) in [6.07, 6.45) is 0.504. The highest BCUT2D eigenvalue weighted by atomic mass is 35.5. The largest absolute Gasteiger partial charge is 0.337 e. The number of aryl methyl sites for hydroxylation is 1. The molecular weight excluding hydrogens is 412 g/mol. The van der Waals surface area contributed by atoms with Crippen LogP contribution in [0.4, 0.5) is 10.5 Å². The fourth-order valence-corrected chi connectivity index (χ4v) is 3.31. The number of carbonyl (C=O) groups excluding carboxylic acids is 1. The van der Waals surface area contributed by atoms with Crippen LogP contribution in [0.25, 0.3) is 11.4 Å². The minimum absolute atomic E-state index is 0.339. The lowest BCUT2D eigenvalue weighted by molar-refractivity contribution is 0.243. The second-order valence-electron chi connectivity index (χ2n) is 7.17. The third-order valence-corrected chi connectivity index (χ3v) is 4.96. The summed E-state index contributed by atoms with van der Waals surface area (Å²) in [6, 6.07) is 23.7. The van der Waals surface area contributed by atoms with Gasteiger partial charge in [0.15, 0.2) is 0 Å². The predicted molar refractivity (Wildman–Crippen MR) is 121 cm³/mol. The Labute approximate surface area is 185 Å². The van der Waals surface area contributed by atoms with Gasteiger partial charge in [0, 0.05) is 22.7 Å². The third-order valence-electron chi connectivity index (χ3n) is 4.71. The van der Waals surface area contributed by atoms with Crippen molar-refractivity contribution in [1.82, 2.24) is 15.5 Å². The summed E-state index contributed by atoms with van der Waals surface area (Å²) in [7, 11) is 0. The number of anilines is 1. The second kappa shape index (κ2) is 9.45. The van der Waals surface area contributed by atoms with Gasteiger partial charge in [-0.1, -0.05) is 70.9 Å². The number of nitrogens with one attached hydrogen (secondary N) is 2. The van der Waals surface area contributed by atoms with E-state index in [1.807, 2.05) is 61.5 Å². The smallest absolute Gasteiger partial charge is 0.319 e. The highest BCUT2D eigenvalue weighted by molar-refractivity contribution is 6.30. The molecule has 1 heterocycles. The molecule has 0 saturated carbocycles. The summed E-state index contributed by atoms with van der Waals surface area (Å²) in [6.45, 7) is 2.01. The molecule has 0 saturated heterocycles. The summed E-state index contributed by atoms with van der Waals surface area (Å²) in [4.78, 5) is 17.2. The Morgan fingerprint density at radius 3 is 2.55 bits per heavy atom. The van der Waals surface area contributed by atoms with Crippen LogP contribution in [0.5, 0.6) is 0 Å². The number of aromatic nitrogens is 2. The number of amides is 2. The number of hydrogen-bond donors (Lipinski definition) is 2. The van der Waals surface area contributed by atoms with Crippen molar-refractivity contribution in [2.24, 2.45) is 0 Å². The van der Waals surface area contributed by atoms with Crippen molar-refractivity contribution in [1.29, 1.82) is 0 Å². The maximum atomic E-state index is 12.6. The lowest BCUT2D eigenvalue weighted by Crippen LogP contribution is -2.34. The van der Waals surface area contributed by atoms with Crippen LogP contribution in [0, 0.1) is 6.92 Å². The van der Waals surface area contributed by atoms with Crippen molar-refractivity contribution in [3.63, 3.8) is 0 Å². The molecule has 6 nitrogen and oxygen atoms in total. The second-order valence-corrected chi connectivity index (χ2v) is 7.61. The van der Waals surface area contributed by atoms with E-state index >= 15 is 0 Å². The SMILES string of the molecule is Cc1cccc(-c2noc(C(Cc3ccccc3)NC(=O)Nc3ccc(Cl)cc3)n2)c1. The van der Waals surface area contributed by atoms with Crippen LogP contribution < -0.4 is 10.6 Å². The number of urea groups is 1. The van der Waals surface area contributed by atoms with E-state index in [0.29, 0.717) is 28.8 Å². The minimum atomic E-state index is -0.499. The van der Waals surface area contributed by atoms with Crippen LogP contribution in [0.15, 0.2) is 83.4 Å². The lowest BCUT2D eigenvalue weighted by atomic mass is 10.1. The fraction of sp³-hybridized carbons (Fsp3) is 0.125. The van der Waals surface area contributed by atoms with Gasteiger partial charge >= 0.3 is 6.03 Å². The van der Waals surface area contributed by atoms with E-state index in [9.17, 15) is 4.79 Å². The van der Waals surface area contributed by atoms with Crippen LogP contribution >= 0.6 is 11.6 Å². The van der Waals surface area contributed by atoms with E-state index in [1.165, 1.54) is 0 Å². The molecule has 2 amide bonds. The molecule has 0 aliphatic heterocycles. The first-order chi connectivity index (χ1) is 15.1. The summed E-state index contributed by atoms with van der Waals surface area (Å²) < 4.78 is 5.54. The van der Waals surface area contributed by atoms with Crippen LogP contribution in [-0.2, 0) is 6.42 Å². The van der Waals surface area contributed by atoms with E-state index in [4.69, 9.17) is 16.1 Å². The average molecular weight is 433 g/mol. The van der Waals surface area contributed by atoms with Crippen molar-refractivity contribution in [3.8, 4) is 11.4 Å². The molecule has 1 unspecified atom stereocenters. The van der Waals surface area contributed by atoms with Gasteiger partial charge in [0.05, 0.1) is 0 Å². The Bertz CT molecular complexity index is 1160. The number of benzene rings is 3. The third kappa shape index (κ3) is 5.49. The van der Waals surface area contributed by atoms with Crippen molar-refractivity contribution >= 4 is 23.3 Å².